The number of benzene rings is 2. The largest absolute Gasteiger partial charge is 0.383 e. The Labute approximate surface area is 115 Å². The maximum absolute atomic E-state index is 3.47. The molecule has 0 amide bonds. The minimum atomic E-state index is 0.913. The van der Waals surface area contributed by atoms with Crippen molar-refractivity contribution < 1.29 is 0 Å². The summed E-state index contributed by atoms with van der Waals surface area (Å²) >= 11 is 0. The van der Waals surface area contributed by atoms with Crippen LogP contribution in [0.25, 0.3) is 0 Å². The van der Waals surface area contributed by atoms with Gasteiger partial charge in [0.15, 0.2) is 0 Å². The normalized spacial score (nSPS) is 10.3. The summed E-state index contributed by atoms with van der Waals surface area (Å²) < 4.78 is 0. The van der Waals surface area contributed by atoms with Crippen LogP contribution in [0, 0.1) is 20.8 Å². The molecule has 0 saturated heterocycles. The van der Waals surface area contributed by atoms with Crippen LogP contribution in [0.4, 0.5) is 11.4 Å². The van der Waals surface area contributed by atoms with Crippen LogP contribution in [0.15, 0.2) is 42.5 Å². The van der Waals surface area contributed by atoms with Crippen molar-refractivity contribution in [2.24, 2.45) is 0 Å². The lowest BCUT2D eigenvalue weighted by Gasteiger charge is -2.12. The third-order valence-corrected chi connectivity index (χ3v) is 3.21. The van der Waals surface area contributed by atoms with E-state index in [9.17, 15) is 0 Å². The van der Waals surface area contributed by atoms with Crippen LogP contribution in [0.3, 0.4) is 0 Å². The quantitative estimate of drug-likeness (QED) is 0.784. The summed E-state index contributed by atoms with van der Waals surface area (Å²) in [6, 6.07) is 15.0. The molecule has 0 fully saturated rings. The lowest BCUT2D eigenvalue weighted by molar-refractivity contribution is 1.07. The highest BCUT2D eigenvalue weighted by atomic mass is 14.9. The Morgan fingerprint density at radius 1 is 0.737 bits per heavy atom. The van der Waals surface area contributed by atoms with E-state index in [4.69, 9.17) is 0 Å². The lowest BCUT2D eigenvalue weighted by Crippen LogP contribution is -2.14. The highest BCUT2D eigenvalue weighted by Crippen LogP contribution is 2.15. The summed E-state index contributed by atoms with van der Waals surface area (Å²) in [6.07, 6.45) is 0. The minimum Gasteiger partial charge on any atom is -0.383 e. The van der Waals surface area contributed by atoms with E-state index in [1.165, 1.54) is 28.1 Å². The van der Waals surface area contributed by atoms with Gasteiger partial charge in [-0.1, -0.05) is 29.8 Å². The summed E-state index contributed by atoms with van der Waals surface area (Å²) in [5, 5.41) is 6.89. The first-order chi connectivity index (χ1) is 9.15. The average molecular weight is 254 g/mol. The van der Waals surface area contributed by atoms with Crippen molar-refractivity contribution in [3.05, 3.63) is 59.2 Å². The topological polar surface area (TPSA) is 24.1 Å². The second-order valence-electron chi connectivity index (χ2n) is 5.04. The van der Waals surface area contributed by atoms with Crippen LogP contribution < -0.4 is 10.6 Å². The van der Waals surface area contributed by atoms with Crippen molar-refractivity contribution in [3.63, 3.8) is 0 Å². The molecule has 2 aromatic rings. The third kappa shape index (κ3) is 4.02. The van der Waals surface area contributed by atoms with Crippen molar-refractivity contribution in [3.8, 4) is 0 Å². The number of aryl methyl sites for hydroxylation is 3. The van der Waals surface area contributed by atoms with Crippen molar-refractivity contribution >= 4 is 11.4 Å². The van der Waals surface area contributed by atoms with Crippen LogP contribution in [0.1, 0.15) is 16.7 Å². The Bertz CT molecular complexity index is 529. The molecule has 0 heterocycles. The van der Waals surface area contributed by atoms with Gasteiger partial charge in [0.2, 0.25) is 0 Å². The van der Waals surface area contributed by atoms with Gasteiger partial charge >= 0.3 is 0 Å². The molecule has 2 N–H and O–H groups in total. The summed E-state index contributed by atoms with van der Waals surface area (Å²) in [4.78, 5) is 0. The predicted octanol–water partition coefficient (Wildman–Crippen LogP) is 4.14. The number of nitrogens with one attached hydrogen (secondary N) is 2. The van der Waals surface area contributed by atoms with Gasteiger partial charge in [-0.05, 0) is 50.1 Å². The Balaban J connectivity index is 1.80. The molecule has 2 heteroatoms. The fourth-order valence-electron chi connectivity index (χ4n) is 2.00. The van der Waals surface area contributed by atoms with Crippen LogP contribution in [0.2, 0.25) is 0 Å². The number of anilines is 2. The zero-order valence-corrected chi connectivity index (χ0v) is 12.0. The Morgan fingerprint density at radius 2 is 1.37 bits per heavy atom. The molecule has 19 heavy (non-hydrogen) atoms. The van der Waals surface area contributed by atoms with Crippen molar-refractivity contribution in [1.82, 2.24) is 0 Å². The predicted molar refractivity (Wildman–Crippen MR) is 84.1 cm³/mol. The molecule has 0 atom stereocenters. The Hall–Kier alpha value is -1.96. The minimum absolute atomic E-state index is 0.913. The van der Waals surface area contributed by atoms with Crippen molar-refractivity contribution in [2.75, 3.05) is 23.7 Å². The zero-order chi connectivity index (χ0) is 13.7. The Kier molecular flexibility index (Phi) is 4.45. The molecule has 0 bridgehead atoms. The van der Waals surface area contributed by atoms with Crippen LogP contribution in [-0.2, 0) is 0 Å². The fourth-order valence-corrected chi connectivity index (χ4v) is 2.00. The number of hydrogen-bond acceptors (Lipinski definition) is 2. The van der Waals surface area contributed by atoms with E-state index in [-0.39, 0.29) is 0 Å². The summed E-state index contributed by atoms with van der Waals surface area (Å²) in [5.74, 6) is 0. The first kappa shape index (κ1) is 13.5. The molecular formula is C17H22N2. The van der Waals surface area contributed by atoms with E-state index in [0.717, 1.165) is 13.1 Å². The molecule has 0 aliphatic rings. The van der Waals surface area contributed by atoms with Gasteiger partial charge in [0.1, 0.15) is 0 Å². The van der Waals surface area contributed by atoms with E-state index in [1.807, 2.05) is 0 Å². The molecule has 2 nitrogen and oxygen atoms in total. The zero-order valence-electron chi connectivity index (χ0n) is 12.0. The summed E-state index contributed by atoms with van der Waals surface area (Å²) in [5.41, 5.74) is 6.28. The van der Waals surface area contributed by atoms with Gasteiger partial charge in [-0.15, -0.1) is 0 Å². The van der Waals surface area contributed by atoms with E-state index >= 15 is 0 Å². The molecule has 0 spiro atoms. The monoisotopic (exact) mass is 254 g/mol. The molecular weight excluding hydrogens is 232 g/mol. The second kappa shape index (κ2) is 6.28. The molecule has 100 valence electrons. The molecule has 0 aromatic heterocycles. The van der Waals surface area contributed by atoms with E-state index in [0.29, 0.717) is 0 Å². The van der Waals surface area contributed by atoms with Crippen molar-refractivity contribution in [1.29, 1.82) is 0 Å². The molecule has 0 aliphatic carbocycles. The standard InChI is InChI=1S/C17H22N2/c1-13-5-8-16(9-6-13)18-10-11-19-17-12-14(2)4-7-15(17)3/h4-9,12,18-19H,10-11H2,1-3H3. The smallest absolute Gasteiger partial charge is 0.0373 e. The maximum Gasteiger partial charge on any atom is 0.0373 e. The molecule has 0 saturated carbocycles. The first-order valence-electron chi connectivity index (χ1n) is 6.77. The molecule has 2 rings (SSSR count). The molecule has 0 aliphatic heterocycles. The van der Waals surface area contributed by atoms with Gasteiger partial charge in [-0.3, -0.25) is 0 Å². The highest BCUT2D eigenvalue weighted by Gasteiger charge is 1.97. The summed E-state index contributed by atoms with van der Waals surface area (Å²) in [7, 11) is 0. The van der Waals surface area contributed by atoms with Crippen LogP contribution in [0.5, 0.6) is 0 Å². The summed E-state index contributed by atoms with van der Waals surface area (Å²) in [6.45, 7) is 8.19. The van der Waals surface area contributed by atoms with Gasteiger partial charge in [0.05, 0.1) is 0 Å². The molecule has 0 unspecified atom stereocenters. The third-order valence-electron chi connectivity index (χ3n) is 3.21. The second-order valence-corrected chi connectivity index (χ2v) is 5.04. The first-order valence-corrected chi connectivity index (χ1v) is 6.77. The number of hydrogen-bond donors (Lipinski definition) is 2. The van der Waals surface area contributed by atoms with E-state index in [1.54, 1.807) is 0 Å². The van der Waals surface area contributed by atoms with Gasteiger partial charge in [-0.2, -0.15) is 0 Å². The number of rotatable bonds is 5. The SMILES string of the molecule is Cc1ccc(NCCNc2cc(C)ccc2C)cc1. The maximum atomic E-state index is 3.47. The van der Waals surface area contributed by atoms with E-state index < -0.39 is 0 Å². The Morgan fingerprint density at radius 3 is 2.11 bits per heavy atom. The van der Waals surface area contributed by atoms with E-state index in [2.05, 4.69) is 73.9 Å². The average Bonchev–Trinajstić information content (AvgIpc) is 2.40. The molecule has 2 aromatic carbocycles. The van der Waals surface area contributed by atoms with Gasteiger partial charge < -0.3 is 10.6 Å². The lowest BCUT2D eigenvalue weighted by atomic mass is 10.1. The van der Waals surface area contributed by atoms with Crippen molar-refractivity contribution in [2.45, 2.75) is 20.8 Å². The fraction of sp³-hybridized carbons (Fsp3) is 0.294. The van der Waals surface area contributed by atoms with Crippen LogP contribution >= 0.6 is 0 Å². The molecule has 0 radical (unpaired) electrons. The van der Waals surface area contributed by atoms with Crippen LogP contribution in [-0.4, -0.2) is 13.1 Å². The van der Waals surface area contributed by atoms with Gasteiger partial charge in [0, 0.05) is 24.5 Å². The highest BCUT2D eigenvalue weighted by molar-refractivity contribution is 5.52. The van der Waals surface area contributed by atoms with Gasteiger partial charge in [-0.25, -0.2) is 0 Å². The van der Waals surface area contributed by atoms with Gasteiger partial charge in [0.25, 0.3) is 0 Å².